The fraction of sp³-hybridized carbons (Fsp3) is 0.467. The highest BCUT2D eigenvalue weighted by Gasteiger charge is 2.46. The molecule has 1 aromatic carbocycles. The summed E-state index contributed by atoms with van der Waals surface area (Å²) in [5.41, 5.74) is 3.37. The van der Waals surface area contributed by atoms with Gasteiger partial charge >= 0.3 is 0 Å². The molecule has 0 atom stereocenters. The van der Waals surface area contributed by atoms with Gasteiger partial charge in [0, 0.05) is 30.8 Å². The topological polar surface area (TPSA) is 19.0 Å². The Balaban J connectivity index is 1.48. The number of hydrogen-bond acceptors (Lipinski definition) is 1. The van der Waals surface area contributed by atoms with Gasteiger partial charge in [-0.15, -0.1) is 0 Å². The van der Waals surface area contributed by atoms with E-state index in [9.17, 15) is 0 Å². The number of fused-ring (bicyclic) bond motifs is 1. The number of H-pyrrole nitrogens is 1. The van der Waals surface area contributed by atoms with Crippen LogP contribution in [0.2, 0.25) is 0 Å². The first-order valence-electron chi connectivity index (χ1n) is 6.62. The summed E-state index contributed by atoms with van der Waals surface area (Å²) >= 11 is 0. The maximum atomic E-state index is 3.52. The summed E-state index contributed by atoms with van der Waals surface area (Å²) in [6.45, 7) is 3.74. The van der Waals surface area contributed by atoms with E-state index in [0.717, 1.165) is 12.0 Å². The molecule has 2 fully saturated rings. The highest BCUT2D eigenvalue weighted by atomic mass is 15.2. The number of para-hydroxylation sites is 1. The van der Waals surface area contributed by atoms with E-state index in [0.29, 0.717) is 0 Å². The summed E-state index contributed by atoms with van der Waals surface area (Å²) in [6.07, 6.45) is 4.40. The van der Waals surface area contributed by atoms with E-state index in [1.54, 1.807) is 0 Å². The second-order valence-electron chi connectivity index (χ2n) is 5.88. The summed E-state index contributed by atoms with van der Waals surface area (Å²) in [7, 11) is 0. The SMILES string of the molecule is c1ccc2[nH]c(CN3CC4(CCC4)C3)cc2c1. The zero-order valence-electron chi connectivity index (χ0n) is 10.1. The zero-order chi connectivity index (χ0) is 11.3. The van der Waals surface area contributed by atoms with Crippen molar-refractivity contribution >= 4 is 10.9 Å². The summed E-state index contributed by atoms with van der Waals surface area (Å²) < 4.78 is 0. The number of nitrogens with one attached hydrogen (secondary N) is 1. The van der Waals surface area contributed by atoms with E-state index in [2.05, 4.69) is 40.2 Å². The first kappa shape index (κ1) is 9.72. The number of benzene rings is 1. The lowest BCUT2D eigenvalue weighted by atomic mass is 9.63. The van der Waals surface area contributed by atoms with Crippen molar-refractivity contribution in [2.45, 2.75) is 25.8 Å². The van der Waals surface area contributed by atoms with Gasteiger partial charge in [0.2, 0.25) is 0 Å². The molecule has 1 N–H and O–H groups in total. The molecule has 1 saturated carbocycles. The van der Waals surface area contributed by atoms with Crippen molar-refractivity contribution in [2.24, 2.45) is 5.41 Å². The van der Waals surface area contributed by atoms with Gasteiger partial charge in [-0.3, -0.25) is 4.90 Å². The van der Waals surface area contributed by atoms with Crippen molar-refractivity contribution in [1.29, 1.82) is 0 Å². The summed E-state index contributed by atoms with van der Waals surface area (Å²) in [6, 6.07) is 10.8. The van der Waals surface area contributed by atoms with Gasteiger partial charge in [-0.1, -0.05) is 24.6 Å². The average molecular weight is 226 g/mol. The third kappa shape index (κ3) is 1.51. The molecule has 1 spiro atoms. The molecule has 0 bridgehead atoms. The Kier molecular flexibility index (Phi) is 1.92. The second kappa shape index (κ2) is 3.36. The molecule has 2 heteroatoms. The van der Waals surface area contributed by atoms with E-state index in [1.807, 2.05) is 0 Å². The van der Waals surface area contributed by atoms with Crippen molar-refractivity contribution < 1.29 is 0 Å². The van der Waals surface area contributed by atoms with Crippen LogP contribution in [0, 0.1) is 5.41 Å². The Labute approximate surface area is 102 Å². The molecule has 17 heavy (non-hydrogen) atoms. The normalized spacial score (nSPS) is 22.6. The van der Waals surface area contributed by atoms with Crippen molar-refractivity contribution in [3.8, 4) is 0 Å². The first-order valence-corrected chi connectivity index (χ1v) is 6.62. The highest BCUT2D eigenvalue weighted by Crippen LogP contribution is 2.48. The molecule has 2 aliphatic rings. The molecule has 1 aromatic heterocycles. The Morgan fingerprint density at radius 3 is 2.71 bits per heavy atom. The molecular weight excluding hydrogens is 208 g/mol. The predicted octanol–water partition coefficient (Wildman–Crippen LogP) is 3.15. The number of likely N-dealkylation sites (tertiary alicyclic amines) is 1. The van der Waals surface area contributed by atoms with Crippen molar-refractivity contribution in [1.82, 2.24) is 9.88 Å². The Bertz CT molecular complexity index is 510. The Hall–Kier alpha value is -1.28. The molecule has 0 radical (unpaired) electrons. The average Bonchev–Trinajstić information content (AvgIpc) is 2.62. The molecule has 0 unspecified atom stereocenters. The maximum Gasteiger partial charge on any atom is 0.0456 e. The standard InChI is InChI=1S/C15H18N2/c1-2-5-14-12(4-1)8-13(16-14)9-17-10-15(11-17)6-3-7-15/h1-2,4-5,8,16H,3,6-7,9-11H2. The monoisotopic (exact) mass is 226 g/mol. The van der Waals surface area contributed by atoms with Crippen LogP contribution >= 0.6 is 0 Å². The molecule has 88 valence electrons. The third-order valence-electron chi connectivity index (χ3n) is 4.51. The number of rotatable bonds is 2. The number of hydrogen-bond donors (Lipinski definition) is 1. The molecule has 2 aromatic rings. The van der Waals surface area contributed by atoms with Crippen LogP contribution in [0.5, 0.6) is 0 Å². The minimum absolute atomic E-state index is 0.742. The van der Waals surface area contributed by atoms with Gasteiger partial charge in [0.25, 0.3) is 0 Å². The van der Waals surface area contributed by atoms with Crippen LogP contribution in [-0.2, 0) is 6.54 Å². The van der Waals surface area contributed by atoms with E-state index in [4.69, 9.17) is 0 Å². The fourth-order valence-corrected chi connectivity index (χ4v) is 3.47. The lowest BCUT2D eigenvalue weighted by molar-refractivity contribution is -0.0649. The Morgan fingerprint density at radius 1 is 1.18 bits per heavy atom. The molecule has 2 heterocycles. The molecule has 1 saturated heterocycles. The van der Waals surface area contributed by atoms with Crippen LogP contribution in [0.4, 0.5) is 0 Å². The van der Waals surface area contributed by atoms with Crippen LogP contribution in [-0.4, -0.2) is 23.0 Å². The minimum atomic E-state index is 0.742. The fourth-order valence-electron chi connectivity index (χ4n) is 3.47. The van der Waals surface area contributed by atoms with E-state index < -0.39 is 0 Å². The molecule has 1 aliphatic carbocycles. The van der Waals surface area contributed by atoms with Crippen LogP contribution in [0.15, 0.2) is 30.3 Å². The van der Waals surface area contributed by atoms with Gasteiger partial charge in [0.1, 0.15) is 0 Å². The lowest BCUT2D eigenvalue weighted by Crippen LogP contribution is -2.58. The first-order chi connectivity index (χ1) is 8.33. The van der Waals surface area contributed by atoms with Crippen LogP contribution in [0.3, 0.4) is 0 Å². The van der Waals surface area contributed by atoms with Gasteiger partial charge in [-0.05, 0) is 35.8 Å². The van der Waals surface area contributed by atoms with Crippen molar-refractivity contribution in [3.63, 3.8) is 0 Å². The van der Waals surface area contributed by atoms with E-state index in [1.165, 1.54) is 48.9 Å². The summed E-state index contributed by atoms with van der Waals surface area (Å²) in [4.78, 5) is 6.09. The minimum Gasteiger partial charge on any atom is -0.357 e. The second-order valence-corrected chi connectivity index (χ2v) is 5.88. The molecule has 1 aliphatic heterocycles. The van der Waals surface area contributed by atoms with E-state index in [-0.39, 0.29) is 0 Å². The lowest BCUT2D eigenvalue weighted by Gasteiger charge is -2.56. The molecule has 0 amide bonds. The largest absolute Gasteiger partial charge is 0.357 e. The predicted molar refractivity (Wildman–Crippen MR) is 69.9 cm³/mol. The molecule has 2 nitrogen and oxygen atoms in total. The Morgan fingerprint density at radius 2 is 2.00 bits per heavy atom. The number of aromatic amines is 1. The van der Waals surface area contributed by atoms with Gasteiger partial charge in [-0.25, -0.2) is 0 Å². The van der Waals surface area contributed by atoms with Gasteiger partial charge < -0.3 is 4.98 Å². The smallest absolute Gasteiger partial charge is 0.0456 e. The summed E-state index contributed by atoms with van der Waals surface area (Å²) in [5, 5.41) is 1.33. The van der Waals surface area contributed by atoms with Gasteiger partial charge in [-0.2, -0.15) is 0 Å². The third-order valence-corrected chi connectivity index (χ3v) is 4.51. The van der Waals surface area contributed by atoms with Crippen LogP contribution < -0.4 is 0 Å². The highest BCUT2D eigenvalue weighted by molar-refractivity contribution is 5.80. The quantitative estimate of drug-likeness (QED) is 0.833. The number of aromatic nitrogens is 1. The van der Waals surface area contributed by atoms with Crippen LogP contribution in [0.1, 0.15) is 25.0 Å². The number of nitrogens with zero attached hydrogens (tertiary/aromatic N) is 1. The summed E-state index contributed by atoms with van der Waals surface area (Å²) in [5.74, 6) is 0. The van der Waals surface area contributed by atoms with Crippen LogP contribution in [0.25, 0.3) is 10.9 Å². The molecule has 4 rings (SSSR count). The maximum absolute atomic E-state index is 3.52. The van der Waals surface area contributed by atoms with Crippen molar-refractivity contribution in [3.05, 3.63) is 36.0 Å². The van der Waals surface area contributed by atoms with Gasteiger partial charge in [0.05, 0.1) is 0 Å². The van der Waals surface area contributed by atoms with Gasteiger partial charge in [0.15, 0.2) is 0 Å². The van der Waals surface area contributed by atoms with Crippen molar-refractivity contribution in [2.75, 3.05) is 13.1 Å². The van der Waals surface area contributed by atoms with E-state index >= 15 is 0 Å². The zero-order valence-corrected chi connectivity index (χ0v) is 10.1. The molecular formula is C15H18N2.